The van der Waals surface area contributed by atoms with Gasteiger partial charge in [-0.2, -0.15) is 0 Å². The van der Waals surface area contributed by atoms with Gasteiger partial charge >= 0.3 is 5.97 Å². The van der Waals surface area contributed by atoms with Crippen LogP contribution in [0.5, 0.6) is 0 Å². The van der Waals surface area contributed by atoms with Gasteiger partial charge in [0.05, 0.1) is 5.69 Å². The van der Waals surface area contributed by atoms with E-state index in [0.29, 0.717) is 0 Å². The molecule has 0 spiro atoms. The van der Waals surface area contributed by atoms with E-state index in [2.05, 4.69) is 9.97 Å². The van der Waals surface area contributed by atoms with Crippen LogP contribution in [0.15, 0.2) is 30.9 Å². The Labute approximate surface area is 111 Å². The highest BCUT2D eigenvalue weighted by Gasteiger charge is 2.23. The zero-order valence-corrected chi connectivity index (χ0v) is 11.1. The first-order valence-corrected chi connectivity index (χ1v) is 5.85. The van der Waals surface area contributed by atoms with Crippen LogP contribution in [0.1, 0.15) is 31.3 Å². The predicted molar refractivity (Wildman–Crippen MR) is 70.9 cm³/mol. The van der Waals surface area contributed by atoms with Crippen LogP contribution in [-0.2, 0) is 4.74 Å². The molecule has 2 heterocycles. The summed E-state index contributed by atoms with van der Waals surface area (Å²) in [5, 5.41) is 0. The fourth-order valence-electron chi connectivity index (χ4n) is 1.55. The van der Waals surface area contributed by atoms with Gasteiger partial charge in [-0.3, -0.25) is 9.55 Å². The van der Waals surface area contributed by atoms with E-state index < -0.39 is 11.6 Å². The predicted octanol–water partition coefficient (Wildman–Crippen LogP) is 1.80. The summed E-state index contributed by atoms with van der Waals surface area (Å²) in [6.45, 7) is 5.38. The summed E-state index contributed by atoms with van der Waals surface area (Å²) in [5.74, 6) is -0.279. The highest BCUT2D eigenvalue weighted by Crippen LogP contribution is 2.19. The van der Waals surface area contributed by atoms with E-state index in [1.54, 1.807) is 49.9 Å². The molecule has 0 aliphatic rings. The number of anilines is 1. The average molecular weight is 260 g/mol. The van der Waals surface area contributed by atoms with Gasteiger partial charge in [0.25, 0.3) is 0 Å². The number of ether oxygens (including phenoxy) is 1. The Morgan fingerprint density at radius 3 is 2.53 bits per heavy atom. The van der Waals surface area contributed by atoms with Crippen molar-refractivity contribution in [2.45, 2.75) is 26.4 Å². The molecule has 6 heteroatoms. The van der Waals surface area contributed by atoms with Crippen LogP contribution < -0.4 is 5.73 Å². The maximum absolute atomic E-state index is 11.9. The lowest BCUT2D eigenvalue weighted by Crippen LogP contribution is -2.24. The van der Waals surface area contributed by atoms with Gasteiger partial charge in [0.15, 0.2) is 5.69 Å². The summed E-state index contributed by atoms with van der Waals surface area (Å²) in [6.07, 6.45) is 4.77. The second-order valence-electron chi connectivity index (χ2n) is 5.06. The maximum Gasteiger partial charge on any atom is 0.361 e. The number of aromatic nitrogens is 3. The van der Waals surface area contributed by atoms with E-state index in [-0.39, 0.29) is 11.5 Å². The number of nitrogens with two attached hydrogens (primary N) is 1. The molecule has 0 radical (unpaired) electrons. The normalized spacial score (nSPS) is 11.3. The Morgan fingerprint density at radius 1 is 1.32 bits per heavy atom. The molecule has 6 nitrogen and oxygen atoms in total. The molecule has 2 aromatic rings. The summed E-state index contributed by atoms with van der Waals surface area (Å²) in [7, 11) is 0. The van der Waals surface area contributed by atoms with Gasteiger partial charge in [-0.15, -0.1) is 0 Å². The van der Waals surface area contributed by atoms with Crippen molar-refractivity contribution in [1.82, 2.24) is 14.5 Å². The van der Waals surface area contributed by atoms with E-state index in [1.807, 2.05) is 0 Å². The number of imidazole rings is 1. The molecular formula is C13H16N4O2. The Hall–Kier alpha value is -2.37. The van der Waals surface area contributed by atoms with Crippen molar-refractivity contribution in [1.29, 1.82) is 0 Å². The number of rotatable bonds is 2. The Bertz CT molecular complexity index is 584. The lowest BCUT2D eigenvalue weighted by Gasteiger charge is -2.18. The molecule has 0 saturated carbocycles. The molecule has 0 aromatic carbocycles. The largest absolute Gasteiger partial charge is 0.455 e. The summed E-state index contributed by atoms with van der Waals surface area (Å²) in [6, 6.07) is 3.55. The van der Waals surface area contributed by atoms with Gasteiger partial charge in [0, 0.05) is 12.4 Å². The third kappa shape index (κ3) is 2.90. The molecule has 0 atom stereocenters. The van der Waals surface area contributed by atoms with Crippen molar-refractivity contribution >= 4 is 11.8 Å². The quantitative estimate of drug-likeness (QED) is 0.832. The average Bonchev–Trinajstić information content (AvgIpc) is 2.70. The molecule has 0 aliphatic carbocycles. The molecular weight excluding hydrogens is 244 g/mol. The summed E-state index contributed by atoms with van der Waals surface area (Å²) in [4.78, 5) is 19.9. The van der Waals surface area contributed by atoms with Crippen LogP contribution in [0, 0.1) is 0 Å². The summed E-state index contributed by atoms with van der Waals surface area (Å²) < 4.78 is 6.86. The fourth-order valence-corrected chi connectivity index (χ4v) is 1.55. The van der Waals surface area contributed by atoms with E-state index in [1.165, 1.54) is 6.33 Å². The van der Waals surface area contributed by atoms with Crippen LogP contribution in [0.2, 0.25) is 0 Å². The van der Waals surface area contributed by atoms with Crippen molar-refractivity contribution in [2.75, 3.05) is 5.73 Å². The van der Waals surface area contributed by atoms with Crippen molar-refractivity contribution in [3.05, 3.63) is 36.5 Å². The zero-order valence-electron chi connectivity index (χ0n) is 11.1. The molecule has 0 aliphatic heterocycles. The van der Waals surface area contributed by atoms with Crippen LogP contribution in [0.4, 0.5) is 5.82 Å². The van der Waals surface area contributed by atoms with Gasteiger partial charge in [-0.1, -0.05) is 0 Å². The lowest BCUT2D eigenvalue weighted by atomic mass is 10.2. The van der Waals surface area contributed by atoms with Gasteiger partial charge in [-0.05, 0) is 32.9 Å². The second kappa shape index (κ2) is 4.72. The fraction of sp³-hybridized carbons (Fsp3) is 0.308. The van der Waals surface area contributed by atoms with Crippen molar-refractivity contribution in [2.24, 2.45) is 0 Å². The first kappa shape index (κ1) is 13.1. The van der Waals surface area contributed by atoms with Crippen molar-refractivity contribution in [3.8, 4) is 5.69 Å². The Morgan fingerprint density at radius 2 is 1.95 bits per heavy atom. The molecule has 0 unspecified atom stereocenters. The number of carbonyl (C=O) groups is 1. The third-order valence-electron chi connectivity index (χ3n) is 2.34. The summed E-state index contributed by atoms with van der Waals surface area (Å²) in [5.41, 5.74) is 6.26. The van der Waals surface area contributed by atoms with Gasteiger partial charge < -0.3 is 10.5 Å². The second-order valence-corrected chi connectivity index (χ2v) is 5.06. The van der Waals surface area contributed by atoms with Crippen molar-refractivity contribution < 1.29 is 9.53 Å². The van der Waals surface area contributed by atoms with E-state index in [0.717, 1.165) is 5.69 Å². The standard InChI is InChI=1S/C13H16N4O2/c1-13(2,3)19-12(18)10-11(14)17(8-16-10)9-4-6-15-7-5-9/h4-8H,14H2,1-3H3. The molecule has 100 valence electrons. The molecule has 2 aromatic heterocycles. The Balaban J connectivity index is 2.31. The molecule has 2 N–H and O–H groups in total. The van der Waals surface area contributed by atoms with Crippen LogP contribution in [0.3, 0.4) is 0 Å². The molecule has 0 bridgehead atoms. The molecule has 0 amide bonds. The van der Waals surface area contributed by atoms with Gasteiger partial charge in [-0.25, -0.2) is 9.78 Å². The number of hydrogen-bond donors (Lipinski definition) is 1. The lowest BCUT2D eigenvalue weighted by molar-refractivity contribution is 0.00648. The van der Waals surface area contributed by atoms with E-state index >= 15 is 0 Å². The molecule has 19 heavy (non-hydrogen) atoms. The smallest absolute Gasteiger partial charge is 0.361 e. The van der Waals surface area contributed by atoms with E-state index in [9.17, 15) is 4.79 Å². The highest BCUT2D eigenvalue weighted by atomic mass is 16.6. The maximum atomic E-state index is 11.9. The number of esters is 1. The SMILES string of the molecule is CC(C)(C)OC(=O)c1ncn(-c2ccncc2)c1N. The minimum absolute atomic E-state index is 0.117. The number of hydrogen-bond acceptors (Lipinski definition) is 5. The van der Waals surface area contributed by atoms with Crippen LogP contribution >= 0.6 is 0 Å². The first-order chi connectivity index (χ1) is 8.88. The molecule has 0 fully saturated rings. The summed E-state index contributed by atoms with van der Waals surface area (Å²) >= 11 is 0. The number of carbonyl (C=O) groups excluding carboxylic acids is 1. The highest BCUT2D eigenvalue weighted by molar-refractivity contribution is 5.92. The minimum atomic E-state index is -0.579. The zero-order chi connectivity index (χ0) is 14.0. The van der Waals surface area contributed by atoms with Gasteiger partial charge in [0.2, 0.25) is 0 Å². The van der Waals surface area contributed by atoms with Crippen LogP contribution in [-0.4, -0.2) is 26.1 Å². The topological polar surface area (TPSA) is 83.0 Å². The monoisotopic (exact) mass is 260 g/mol. The minimum Gasteiger partial charge on any atom is -0.455 e. The number of nitrogen functional groups attached to an aromatic ring is 1. The first-order valence-electron chi connectivity index (χ1n) is 5.85. The van der Waals surface area contributed by atoms with Gasteiger partial charge in [0.1, 0.15) is 17.7 Å². The van der Waals surface area contributed by atoms with Crippen molar-refractivity contribution in [3.63, 3.8) is 0 Å². The molecule has 2 rings (SSSR count). The Kier molecular flexibility index (Phi) is 3.25. The van der Waals surface area contributed by atoms with E-state index in [4.69, 9.17) is 10.5 Å². The van der Waals surface area contributed by atoms with Crippen LogP contribution in [0.25, 0.3) is 5.69 Å². The molecule has 0 saturated heterocycles. The number of nitrogens with zero attached hydrogens (tertiary/aromatic N) is 3. The number of pyridine rings is 1. The third-order valence-corrected chi connectivity index (χ3v) is 2.34.